The van der Waals surface area contributed by atoms with Gasteiger partial charge in [0, 0.05) is 23.1 Å². The highest BCUT2D eigenvalue weighted by molar-refractivity contribution is 5.93. The van der Waals surface area contributed by atoms with Crippen LogP contribution >= 0.6 is 0 Å². The van der Waals surface area contributed by atoms with Gasteiger partial charge in [-0.3, -0.25) is 4.79 Å². The molecule has 1 N–H and O–H groups in total. The Morgan fingerprint density at radius 1 is 1.08 bits per heavy atom. The Morgan fingerprint density at radius 2 is 1.73 bits per heavy atom. The van der Waals surface area contributed by atoms with Gasteiger partial charge in [0.05, 0.1) is 21.3 Å². The molecule has 0 unspecified atom stereocenters. The summed E-state index contributed by atoms with van der Waals surface area (Å²) in [6.07, 6.45) is 0. The molecule has 1 heterocycles. The zero-order valence-electron chi connectivity index (χ0n) is 16.5. The lowest BCUT2D eigenvalue weighted by molar-refractivity contribution is 0.0918. The number of rotatable bonds is 6. The first-order valence-corrected chi connectivity index (χ1v) is 8.39. The Labute approximate surface area is 154 Å². The first-order valence-electron chi connectivity index (χ1n) is 8.39. The van der Waals surface area contributed by atoms with Crippen LogP contribution in [-0.4, -0.2) is 27.2 Å². The van der Waals surface area contributed by atoms with E-state index in [0.717, 1.165) is 16.9 Å². The van der Waals surface area contributed by atoms with Gasteiger partial charge in [-0.15, -0.1) is 0 Å². The molecule has 2 aromatic rings. The minimum Gasteiger partial charge on any atom is -0.493 e. The van der Waals surface area contributed by atoms with Crippen LogP contribution in [0, 0.1) is 6.92 Å². The minimum absolute atomic E-state index is 0.157. The summed E-state index contributed by atoms with van der Waals surface area (Å²) in [5.41, 5.74) is 1.43. The van der Waals surface area contributed by atoms with Crippen LogP contribution in [0.25, 0.3) is 0 Å². The number of furan rings is 1. The van der Waals surface area contributed by atoms with Crippen molar-refractivity contribution in [3.05, 3.63) is 40.8 Å². The van der Waals surface area contributed by atoms with Crippen molar-refractivity contribution in [3.63, 3.8) is 0 Å². The summed E-state index contributed by atoms with van der Waals surface area (Å²) in [6, 6.07) is 5.51. The van der Waals surface area contributed by atoms with Gasteiger partial charge in [0.15, 0.2) is 17.3 Å². The van der Waals surface area contributed by atoms with E-state index in [1.165, 1.54) is 0 Å². The number of carbonyl (C=O) groups is 1. The molecule has 1 aromatic carbocycles. The molecular formula is C20H27NO5. The quantitative estimate of drug-likeness (QED) is 0.846. The molecule has 1 amide bonds. The van der Waals surface area contributed by atoms with Crippen LogP contribution in [0.5, 0.6) is 17.2 Å². The van der Waals surface area contributed by atoms with Gasteiger partial charge in [-0.2, -0.15) is 0 Å². The molecular weight excluding hydrogens is 334 g/mol. The summed E-state index contributed by atoms with van der Waals surface area (Å²) in [5, 5.41) is 2.88. The van der Waals surface area contributed by atoms with Crippen molar-refractivity contribution < 1.29 is 23.4 Å². The van der Waals surface area contributed by atoms with E-state index in [9.17, 15) is 4.79 Å². The Balaban J connectivity index is 2.21. The normalized spacial score (nSPS) is 11.2. The van der Waals surface area contributed by atoms with Gasteiger partial charge in [-0.05, 0) is 25.1 Å². The number of nitrogens with one attached hydrogen (secondary N) is 1. The van der Waals surface area contributed by atoms with E-state index in [-0.39, 0.29) is 17.9 Å². The number of hydrogen-bond donors (Lipinski definition) is 1. The van der Waals surface area contributed by atoms with E-state index < -0.39 is 0 Å². The molecule has 0 aliphatic carbocycles. The number of amides is 1. The SMILES string of the molecule is COc1ccc(CNC(=O)c2oc(C(C)(C)C)cc2C)c(OC)c1OC. The molecule has 1 aromatic heterocycles. The molecule has 0 bridgehead atoms. The van der Waals surface area contributed by atoms with Crippen molar-refractivity contribution >= 4 is 5.91 Å². The van der Waals surface area contributed by atoms with Crippen molar-refractivity contribution in [2.75, 3.05) is 21.3 Å². The van der Waals surface area contributed by atoms with Crippen LogP contribution < -0.4 is 19.5 Å². The third-order valence-corrected chi connectivity index (χ3v) is 4.09. The molecule has 0 spiro atoms. The Kier molecular flexibility index (Phi) is 5.85. The maximum absolute atomic E-state index is 12.6. The van der Waals surface area contributed by atoms with Crippen LogP contribution in [0.3, 0.4) is 0 Å². The van der Waals surface area contributed by atoms with Crippen LogP contribution in [-0.2, 0) is 12.0 Å². The van der Waals surface area contributed by atoms with Gasteiger partial charge >= 0.3 is 0 Å². The molecule has 0 aliphatic heterocycles. The topological polar surface area (TPSA) is 69.9 Å². The highest BCUT2D eigenvalue weighted by Gasteiger charge is 2.23. The molecule has 26 heavy (non-hydrogen) atoms. The summed E-state index contributed by atoms with van der Waals surface area (Å²) in [5.74, 6) is 2.42. The molecule has 0 radical (unpaired) electrons. The molecule has 6 nitrogen and oxygen atoms in total. The average Bonchev–Trinajstić information content (AvgIpc) is 3.00. The molecule has 6 heteroatoms. The molecule has 0 fully saturated rings. The Bertz CT molecular complexity index is 786. The standard InChI is InChI=1S/C20H27NO5/c1-12-10-15(20(2,3)4)26-16(12)19(22)21-11-13-8-9-14(23-5)18(25-7)17(13)24-6/h8-10H,11H2,1-7H3,(H,21,22). The van der Waals surface area contributed by atoms with Crippen LogP contribution in [0.1, 0.15) is 48.2 Å². The Hall–Kier alpha value is -2.63. The maximum Gasteiger partial charge on any atom is 0.287 e. The van der Waals surface area contributed by atoms with Gasteiger partial charge in [0.2, 0.25) is 5.75 Å². The molecule has 0 saturated heterocycles. The molecule has 0 saturated carbocycles. The van der Waals surface area contributed by atoms with Gasteiger partial charge in [0.1, 0.15) is 5.76 Å². The fraction of sp³-hybridized carbons (Fsp3) is 0.450. The highest BCUT2D eigenvalue weighted by atomic mass is 16.5. The van der Waals surface area contributed by atoms with E-state index in [1.807, 2.05) is 39.8 Å². The summed E-state index contributed by atoms with van der Waals surface area (Å²) >= 11 is 0. The molecule has 0 aliphatic rings. The predicted octanol–water partition coefficient (Wildman–Crippen LogP) is 3.84. The van der Waals surface area contributed by atoms with Crippen molar-refractivity contribution in [1.82, 2.24) is 5.32 Å². The molecule has 0 atom stereocenters. The van der Waals surface area contributed by atoms with E-state index in [0.29, 0.717) is 23.0 Å². The van der Waals surface area contributed by atoms with E-state index in [1.54, 1.807) is 27.4 Å². The number of ether oxygens (including phenoxy) is 3. The highest BCUT2D eigenvalue weighted by Crippen LogP contribution is 2.39. The smallest absolute Gasteiger partial charge is 0.287 e. The monoisotopic (exact) mass is 361 g/mol. The lowest BCUT2D eigenvalue weighted by Gasteiger charge is -2.16. The summed E-state index contributed by atoms with van der Waals surface area (Å²) < 4.78 is 21.9. The fourth-order valence-corrected chi connectivity index (χ4v) is 2.64. The predicted molar refractivity (Wildman–Crippen MR) is 99.4 cm³/mol. The van der Waals surface area contributed by atoms with Crippen LogP contribution in [0.15, 0.2) is 22.6 Å². The van der Waals surface area contributed by atoms with E-state index >= 15 is 0 Å². The first kappa shape index (κ1) is 19.7. The third-order valence-electron chi connectivity index (χ3n) is 4.09. The van der Waals surface area contributed by atoms with Crippen LogP contribution in [0.2, 0.25) is 0 Å². The zero-order valence-corrected chi connectivity index (χ0v) is 16.5. The number of methoxy groups -OCH3 is 3. The molecule has 2 rings (SSSR count). The van der Waals surface area contributed by atoms with Crippen molar-refractivity contribution in [1.29, 1.82) is 0 Å². The summed E-state index contributed by atoms with van der Waals surface area (Å²) in [4.78, 5) is 12.6. The zero-order chi connectivity index (χ0) is 19.5. The average molecular weight is 361 g/mol. The number of hydrogen-bond acceptors (Lipinski definition) is 5. The Morgan fingerprint density at radius 3 is 2.23 bits per heavy atom. The van der Waals surface area contributed by atoms with Gasteiger partial charge in [-0.25, -0.2) is 0 Å². The molecule has 142 valence electrons. The minimum atomic E-state index is -0.269. The second kappa shape index (κ2) is 7.72. The second-order valence-electron chi connectivity index (χ2n) is 7.05. The number of benzene rings is 1. The van der Waals surface area contributed by atoms with Gasteiger partial charge in [0.25, 0.3) is 5.91 Å². The largest absolute Gasteiger partial charge is 0.493 e. The van der Waals surface area contributed by atoms with Gasteiger partial charge in [-0.1, -0.05) is 20.8 Å². The third kappa shape index (κ3) is 3.95. The number of aryl methyl sites for hydroxylation is 1. The second-order valence-corrected chi connectivity index (χ2v) is 7.05. The van der Waals surface area contributed by atoms with E-state index in [4.69, 9.17) is 18.6 Å². The van der Waals surface area contributed by atoms with Crippen molar-refractivity contribution in [3.8, 4) is 17.2 Å². The summed E-state index contributed by atoms with van der Waals surface area (Å²) in [6.45, 7) is 8.27. The number of carbonyl (C=O) groups excluding carboxylic acids is 1. The maximum atomic E-state index is 12.6. The van der Waals surface area contributed by atoms with Crippen LogP contribution in [0.4, 0.5) is 0 Å². The fourth-order valence-electron chi connectivity index (χ4n) is 2.64. The lowest BCUT2D eigenvalue weighted by atomic mass is 9.93. The van der Waals surface area contributed by atoms with Crippen molar-refractivity contribution in [2.24, 2.45) is 0 Å². The summed E-state index contributed by atoms with van der Waals surface area (Å²) in [7, 11) is 4.66. The van der Waals surface area contributed by atoms with Gasteiger partial charge < -0.3 is 23.9 Å². The van der Waals surface area contributed by atoms with E-state index in [2.05, 4.69) is 5.32 Å². The lowest BCUT2D eigenvalue weighted by Crippen LogP contribution is -2.23. The van der Waals surface area contributed by atoms with Crippen molar-refractivity contribution in [2.45, 2.75) is 39.7 Å². The first-order chi connectivity index (χ1) is 12.2.